The molecule has 92 valence electrons. The molecule has 1 unspecified atom stereocenters. The van der Waals surface area contributed by atoms with Crippen molar-refractivity contribution in [1.82, 2.24) is 0 Å². The number of amides is 1. The van der Waals surface area contributed by atoms with Crippen molar-refractivity contribution < 1.29 is 4.79 Å². The molecule has 1 atom stereocenters. The highest BCUT2D eigenvalue weighted by molar-refractivity contribution is 6.02. The average molecular weight is 231 g/mol. The number of anilines is 1. The molecule has 2 rings (SSSR count). The van der Waals surface area contributed by atoms with E-state index in [1.165, 1.54) is 30.4 Å². The molecule has 2 heteroatoms. The lowest BCUT2D eigenvalue weighted by atomic mass is 9.93. The smallest absolute Gasteiger partial charge is 0.232 e. The minimum absolute atomic E-state index is 0.0850. The summed E-state index contributed by atoms with van der Waals surface area (Å²) in [6, 6.07) is 6.23. The Hall–Kier alpha value is -1.31. The van der Waals surface area contributed by atoms with Crippen LogP contribution >= 0.6 is 0 Å². The zero-order valence-electron chi connectivity index (χ0n) is 10.8. The predicted molar refractivity (Wildman–Crippen MR) is 71.3 cm³/mol. The molecule has 0 saturated carbocycles. The lowest BCUT2D eigenvalue weighted by Gasteiger charge is -2.08. The fraction of sp³-hybridized carbons (Fsp3) is 0.533. The summed E-state index contributed by atoms with van der Waals surface area (Å²) < 4.78 is 0. The normalized spacial score (nSPS) is 18.0. The van der Waals surface area contributed by atoms with E-state index in [0.717, 1.165) is 18.5 Å². The fourth-order valence-corrected chi connectivity index (χ4v) is 2.51. The number of aryl methyl sites for hydroxylation is 1. The number of fused-ring (bicyclic) bond motifs is 1. The highest BCUT2D eigenvalue weighted by Gasteiger charge is 2.29. The maximum absolute atomic E-state index is 11.9. The van der Waals surface area contributed by atoms with E-state index in [1.807, 2.05) is 6.07 Å². The van der Waals surface area contributed by atoms with Crippen LogP contribution in [0.15, 0.2) is 18.2 Å². The third-order valence-electron chi connectivity index (χ3n) is 3.50. The van der Waals surface area contributed by atoms with E-state index >= 15 is 0 Å². The highest BCUT2D eigenvalue weighted by Crippen LogP contribution is 2.36. The Balaban J connectivity index is 2.03. The van der Waals surface area contributed by atoms with E-state index in [1.54, 1.807) is 0 Å². The molecule has 1 aliphatic rings. The number of rotatable bonds is 5. The molecule has 0 aliphatic carbocycles. The van der Waals surface area contributed by atoms with Gasteiger partial charge < -0.3 is 5.32 Å². The molecule has 1 heterocycles. The average Bonchev–Trinajstić information content (AvgIpc) is 2.61. The molecular weight excluding hydrogens is 210 g/mol. The first-order valence-corrected chi connectivity index (χ1v) is 6.63. The lowest BCUT2D eigenvalue weighted by molar-refractivity contribution is -0.117. The van der Waals surface area contributed by atoms with Crippen LogP contribution < -0.4 is 5.32 Å². The first-order chi connectivity index (χ1) is 8.22. The van der Waals surface area contributed by atoms with Crippen LogP contribution in [-0.4, -0.2) is 5.91 Å². The van der Waals surface area contributed by atoms with Crippen LogP contribution in [0.2, 0.25) is 0 Å². The van der Waals surface area contributed by atoms with Crippen molar-refractivity contribution in [3.63, 3.8) is 0 Å². The van der Waals surface area contributed by atoms with Crippen LogP contribution in [0.4, 0.5) is 5.69 Å². The number of unbranched alkanes of at least 4 members (excludes halogenated alkanes) is 3. The van der Waals surface area contributed by atoms with E-state index in [4.69, 9.17) is 0 Å². The van der Waals surface area contributed by atoms with Gasteiger partial charge in [0.25, 0.3) is 0 Å². The Kier molecular flexibility index (Phi) is 3.82. The molecule has 17 heavy (non-hydrogen) atoms. The van der Waals surface area contributed by atoms with Crippen molar-refractivity contribution in [2.45, 2.75) is 51.9 Å². The molecule has 0 bridgehead atoms. The minimum atomic E-state index is 0.0850. The Labute approximate surface area is 103 Å². The van der Waals surface area contributed by atoms with E-state index in [0.29, 0.717) is 0 Å². The molecule has 1 N–H and O–H groups in total. The van der Waals surface area contributed by atoms with Gasteiger partial charge in [0.1, 0.15) is 0 Å². The molecule has 0 spiro atoms. The van der Waals surface area contributed by atoms with Crippen molar-refractivity contribution in [3.8, 4) is 0 Å². The Morgan fingerprint density at radius 3 is 2.82 bits per heavy atom. The van der Waals surface area contributed by atoms with E-state index in [2.05, 4.69) is 31.3 Å². The van der Waals surface area contributed by atoms with Crippen LogP contribution in [0.25, 0.3) is 0 Å². The molecular formula is C15H21NO. The summed E-state index contributed by atoms with van der Waals surface area (Å²) in [6.07, 6.45) is 5.89. The first-order valence-electron chi connectivity index (χ1n) is 6.63. The van der Waals surface area contributed by atoms with Gasteiger partial charge in [-0.05, 0) is 25.0 Å². The molecule has 0 fully saturated rings. The van der Waals surface area contributed by atoms with Gasteiger partial charge in [-0.25, -0.2) is 0 Å². The number of benzene rings is 1. The Morgan fingerprint density at radius 1 is 1.24 bits per heavy atom. The van der Waals surface area contributed by atoms with Crippen LogP contribution in [-0.2, 0) is 4.79 Å². The number of nitrogens with one attached hydrogen (secondary N) is 1. The van der Waals surface area contributed by atoms with Gasteiger partial charge in [-0.1, -0.05) is 50.3 Å². The van der Waals surface area contributed by atoms with Crippen molar-refractivity contribution in [2.24, 2.45) is 0 Å². The standard InChI is InChI=1S/C15H21NO/c1-3-4-5-6-7-12-13-10-11(2)8-9-14(13)16-15(12)17/h8-10,12H,3-7H2,1-2H3,(H,16,17). The molecule has 1 aliphatic heterocycles. The second kappa shape index (κ2) is 5.35. The fourth-order valence-electron chi connectivity index (χ4n) is 2.51. The number of carbonyl (C=O) groups is 1. The minimum Gasteiger partial charge on any atom is -0.325 e. The Morgan fingerprint density at radius 2 is 2.06 bits per heavy atom. The third kappa shape index (κ3) is 2.68. The summed E-state index contributed by atoms with van der Waals surface area (Å²) in [6.45, 7) is 4.29. The molecule has 0 saturated heterocycles. The lowest BCUT2D eigenvalue weighted by Crippen LogP contribution is -2.11. The molecule has 1 amide bonds. The second-order valence-electron chi connectivity index (χ2n) is 4.98. The summed E-state index contributed by atoms with van der Waals surface area (Å²) in [4.78, 5) is 11.9. The summed E-state index contributed by atoms with van der Waals surface area (Å²) in [5, 5.41) is 2.98. The summed E-state index contributed by atoms with van der Waals surface area (Å²) >= 11 is 0. The first kappa shape index (κ1) is 12.2. The maximum Gasteiger partial charge on any atom is 0.232 e. The predicted octanol–water partition coefficient (Wildman–Crippen LogP) is 4.00. The van der Waals surface area contributed by atoms with E-state index < -0.39 is 0 Å². The maximum atomic E-state index is 11.9. The van der Waals surface area contributed by atoms with Gasteiger partial charge in [0.2, 0.25) is 5.91 Å². The second-order valence-corrected chi connectivity index (χ2v) is 4.98. The quantitative estimate of drug-likeness (QED) is 0.762. The molecule has 1 aromatic rings. The largest absolute Gasteiger partial charge is 0.325 e. The monoisotopic (exact) mass is 231 g/mol. The van der Waals surface area contributed by atoms with Gasteiger partial charge in [0, 0.05) is 5.69 Å². The summed E-state index contributed by atoms with van der Waals surface area (Å²) in [5.74, 6) is 0.267. The zero-order chi connectivity index (χ0) is 12.3. The molecule has 0 aromatic heterocycles. The summed E-state index contributed by atoms with van der Waals surface area (Å²) in [5.41, 5.74) is 3.45. The topological polar surface area (TPSA) is 29.1 Å². The molecule has 2 nitrogen and oxygen atoms in total. The molecule has 0 radical (unpaired) electrons. The van der Waals surface area contributed by atoms with Crippen molar-refractivity contribution >= 4 is 11.6 Å². The van der Waals surface area contributed by atoms with Crippen molar-refractivity contribution in [1.29, 1.82) is 0 Å². The van der Waals surface area contributed by atoms with Crippen LogP contribution in [0.5, 0.6) is 0 Å². The van der Waals surface area contributed by atoms with E-state index in [9.17, 15) is 4.79 Å². The van der Waals surface area contributed by atoms with Crippen molar-refractivity contribution in [2.75, 3.05) is 5.32 Å². The zero-order valence-corrected chi connectivity index (χ0v) is 10.8. The Bertz CT molecular complexity index is 411. The van der Waals surface area contributed by atoms with Gasteiger partial charge in [-0.2, -0.15) is 0 Å². The van der Waals surface area contributed by atoms with Gasteiger partial charge in [-0.3, -0.25) is 4.79 Å². The number of hydrogen-bond donors (Lipinski definition) is 1. The summed E-state index contributed by atoms with van der Waals surface area (Å²) in [7, 11) is 0. The number of hydrogen-bond acceptors (Lipinski definition) is 1. The highest BCUT2D eigenvalue weighted by atomic mass is 16.2. The number of carbonyl (C=O) groups excluding carboxylic acids is 1. The van der Waals surface area contributed by atoms with Gasteiger partial charge in [0.15, 0.2) is 0 Å². The van der Waals surface area contributed by atoms with Gasteiger partial charge in [-0.15, -0.1) is 0 Å². The SMILES string of the molecule is CCCCCCC1C(=O)Nc2ccc(C)cc21. The van der Waals surface area contributed by atoms with Crippen LogP contribution in [0.3, 0.4) is 0 Å². The van der Waals surface area contributed by atoms with Crippen LogP contribution in [0, 0.1) is 6.92 Å². The van der Waals surface area contributed by atoms with Gasteiger partial charge >= 0.3 is 0 Å². The van der Waals surface area contributed by atoms with Crippen LogP contribution in [0.1, 0.15) is 56.1 Å². The van der Waals surface area contributed by atoms with E-state index in [-0.39, 0.29) is 11.8 Å². The molecule has 1 aromatic carbocycles. The van der Waals surface area contributed by atoms with Crippen molar-refractivity contribution in [3.05, 3.63) is 29.3 Å². The van der Waals surface area contributed by atoms with Gasteiger partial charge in [0.05, 0.1) is 5.92 Å². The third-order valence-corrected chi connectivity index (χ3v) is 3.50.